The number of aromatic nitrogens is 2. The second-order valence-electron chi connectivity index (χ2n) is 8.11. The summed E-state index contributed by atoms with van der Waals surface area (Å²) in [4.78, 5) is 18.8. The topological polar surface area (TPSA) is 70.8 Å². The number of carbonyl (C=O) groups is 1. The van der Waals surface area contributed by atoms with Crippen LogP contribution in [0.4, 0.5) is 0 Å². The Morgan fingerprint density at radius 2 is 1.93 bits per heavy atom. The number of hydrogen-bond acceptors (Lipinski definition) is 6. The molecule has 0 radical (unpaired) electrons. The summed E-state index contributed by atoms with van der Waals surface area (Å²) >= 11 is 1.79. The van der Waals surface area contributed by atoms with Gasteiger partial charge in [0.15, 0.2) is 5.69 Å². The quantitative estimate of drug-likeness (QED) is 0.806. The highest BCUT2D eigenvalue weighted by molar-refractivity contribution is 7.98. The molecule has 160 valence electrons. The number of rotatable bonds is 4. The third kappa shape index (κ3) is 3.66. The van der Waals surface area contributed by atoms with E-state index in [0.29, 0.717) is 32.0 Å². The molecule has 5 rings (SSSR count). The first-order valence-electron chi connectivity index (χ1n) is 10.8. The van der Waals surface area contributed by atoms with Gasteiger partial charge in [0.2, 0.25) is 0 Å². The maximum Gasteiger partial charge on any atom is 0.274 e. The van der Waals surface area contributed by atoms with Crippen LogP contribution in [0.15, 0.2) is 29.2 Å². The number of carbonyl (C=O) groups excluding carboxylic acids is 1. The molecule has 2 saturated heterocycles. The van der Waals surface area contributed by atoms with Gasteiger partial charge in [0.25, 0.3) is 5.91 Å². The Morgan fingerprint density at radius 3 is 2.70 bits per heavy atom. The molecule has 0 bridgehead atoms. The van der Waals surface area contributed by atoms with Crippen LogP contribution >= 0.6 is 11.8 Å². The molecule has 1 N–H and O–H groups in total. The van der Waals surface area contributed by atoms with Gasteiger partial charge in [-0.15, -0.1) is 11.8 Å². The molecule has 1 aromatic carbocycles. The Kier molecular flexibility index (Phi) is 5.82. The highest BCUT2D eigenvalue weighted by Crippen LogP contribution is 2.44. The van der Waals surface area contributed by atoms with Crippen LogP contribution in [-0.4, -0.2) is 83.1 Å². The Bertz CT molecular complexity index is 917. The minimum atomic E-state index is 0.0333. The third-order valence-electron chi connectivity index (χ3n) is 6.34. The largest absolute Gasteiger partial charge is 0.395 e. The molecule has 0 atom stereocenters. The van der Waals surface area contributed by atoms with E-state index in [0.717, 1.165) is 49.5 Å². The molecule has 3 aliphatic heterocycles. The van der Waals surface area contributed by atoms with Crippen LogP contribution in [0.1, 0.15) is 34.9 Å². The molecule has 0 saturated carbocycles. The second kappa shape index (κ2) is 8.70. The van der Waals surface area contributed by atoms with Gasteiger partial charge in [-0.1, -0.05) is 18.2 Å². The van der Waals surface area contributed by atoms with Gasteiger partial charge in [-0.2, -0.15) is 5.10 Å². The Morgan fingerprint density at radius 1 is 1.17 bits per heavy atom. The van der Waals surface area contributed by atoms with Crippen molar-refractivity contribution in [1.82, 2.24) is 19.6 Å². The van der Waals surface area contributed by atoms with Gasteiger partial charge in [0, 0.05) is 54.5 Å². The van der Waals surface area contributed by atoms with Crippen LogP contribution in [0.25, 0.3) is 11.3 Å². The van der Waals surface area contributed by atoms with Crippen LogP contribution in [0.2, 0.25) is 0 Å². The van der Waals surface area contributed by atoms with E-state index in [4.69, 9.17) is 9.84 Å². The summed E-state index contributed by atoms with van der Waals surface area (Å²) in [5.41, 5.74) is 4.01. The van der Waals surface area contributed by atoms with Crippen molar-refractivity contribution in [2.45, 2.75) is 29.5 Å². The molecular weight excluding hydrogens is 400 g/mol. The number of aliphatic hydroxyl groups excluding tert-OH is 1. The number of morpholine rings is 1. The summed E-state index contributed by atoms with van der Waals surface area (Å²) in [5, 5.41) is 14.2. The van der Waals surface area contributed by atoms with E-state index in [1.807, 2.05) is 4.90 Å². The van der Waals surface area contributed by atoms with Crippen molar-refractivity contribution < 1.29 is 14.6 Å². The molecule has 8 heteroatoms. The van der Waals surface area contributed by atoms with E-state index in [1.54, 1.807) is 11.8 Å². The lowest BCUT2D eigenvalue weighted by molar-refractivity contribution is 0.0297. The van der Waals surface area contributed by atoms with Gasteiger partial charge in [0.05, 0.1) is 31.6 Å². The zero-order valence-corrected chi connectivity index (χ0v) is 17.9. The van der Waals surface area contributed by atoms with Crippen molar-refractivity contribution >= 4 is 17.7 Å². The summed E-state index contributed by atoms with van der Waals surface area (Å²) in [6.07, 6.45) is 1.96. The maximum absolute atomic E-state index is 13.4. The van der Waals surface area contributed by atoms with Crippen LogP contribution in [-0.2, 0) is 10.5 Å². The number of likely N-dealkylation sites (tertiary alicyclic amines) is 1. The fraction of sp³-hybridized carbons (Fsp3) is 0.545. The molecule has 0 unspecified atom stereocenters. The maximum atomic E-state index is 13.4. The molecule has 0 aliphatic carbocycles. The number of aliphatic hydroxyl groups is 1. The van der Waals surface area contributed by atoms with Crippen molar-refractivity contribution in [3.05, 3.63) is 35.5 Å². The van der Waals surface area contributed by atoms with Crippen LogP contribution in [0, 0.1) is 0 Å². The monoisotopic (exact) mass is 428 g/mol. The lowest BCUT2D eigenvalue weighted by atomic mass is 10.0. The standard InChI is InChI=1S/C22H28N4O3S/c27-12-9-24-7-5-16(6-8-24)26-21-17-3-1-2-4-19(17)30-15-18(21)20(23-26)22(28)25-10-13-29-14-11-25/h1-4,16,27H,5-15H2. The van der Waals surface area contributed by atoms with Gasteiger partial charge in [-0.3, -0.25) is 9.48 Å². The Labute approximate surface area is 181 Å². The number of benzene rings is 1. The number of thioether (sulfide) groups is 1. The van der Waals surface area contributed by atoms with E-state index in [1.165, 1.54) is 10.5 Å². The van der Waals surface area contributed by atoms with Crippen molar-refractivity contribution in [2.75, 3.05) is 52.5 Å². The van der Waals surface area contributed by atoms with Crippen LogP contribution < -0.4 is 0 Å². The predicted molar refractivity (Wildman–Crippen MR) is 116 cm³/mol. The fourth-order valence-electron chi connectivity index (χ4n) is 4.71. The number of fused-ring (bicyclic) bond motifs is 3. The predicted octanol–water partition coefficient (Wildman–Crippen LogP) is 2.26. The molecule has 1 amide bonds. The molecule has 4 heterocycles. The van der Waals surface area contributed by atoms with Crippen LogP contribution in [0.3, 0.4) is 0 Å². The van der Waals surface area contributed by atoms with E-state index in [9.17, 15) is 9.90 Å². The van der Waals surface area contributed by atoms with Gasteiger partial charge in [0.1, 0.15) is 0 Å². The number of hydrogen-bond donors (Lipinski definition) is 1. The molecule has 3 aliphatic rings. The van der Waals surface area contributed by atoms with Crippen molar-refractivity contribution in [3.8, 4) is 11.3 Å². The average molecular weight is 429 g/mol. The number of amides is 1. The summed E-state index contributed by atoms with van der Waals surface area (Å²) in [6, 6.07) is 8.73. The summed E-state index contributed by atoms with van der Waals surface area (Å²) < 4.78 is 7.58. The summed E-state index contributed by atoms with van der Waals surface area (Å²) in [6.45, 7) is 5.26. The summed E-state index contributed by atoms with van der Waals surface area (Å²) in [7, 11) is 0. The Balaban J connectivity index is 1.52. The zero-order chi connectivity index (χ0) is 20.5. The first-order chi connectivity index (χ1) is 14.8. The highest BCUT2D eigenvalue weighted by atomic mass is 32.2. The fourth-order valence-corrected chi connectivity index (χ4v) is 5.78. The smallest absolute Gasteiger partial charge is 0.274 e. The van der Waals surface area contributed by atoms with E-state index in [2.05, 4.69) is 33.8 Å². The molecule has 30 heavy (non-hydrogen) atoms. The first kappa shape index (κ1) is 20.1. The van der Waals surface area contributed by atoms with Gasteiger partial charge < -0.3 is 19.6 Å². The van der Waals surface area contributed by atoms with Crippen molar-refractivity contribution in [1.29, 1.82) is 0 Å². The molecule has 7 nitrogen and oxygen atoms in total. The van der Waals surface area contributed by atoms with E-state index >= 15 is 0 Å². The molecule has 2 aromatic rings. The number of ether oxygens (including phenoxy) is 1. The van der Waals surface area contributed by atoms with Gasteiger partial charge in [-0.05, 0) is 18.9 Å². The van der Waals surface area contributed by atoms with Crippen molar-refractivity contribution in [3.63, 3.8) is 0 Å². The molecule has 1 aromatic heterocycles. The van der Waals surface area contributed by atoms with Gasteiger partial charge >= 0.3 is 0 Å². The first-order valence-corrected chi connectivity index (χ1v) is 11.8. The molecular formula is C22H28N4O3S. The Hall–Kier alpha value is -1.87. The minimum Gasteiger partial charge on any atom is -0.395 e. The molecule has 2 fully saturated rings. The van der Waals surface area contributed by atoms with E-state index < -0.39 is 0 Å². The normalized spacial score (nSPS) is 20.1. The lowest BCUT2D eigenvalue weighted by Crippen LogP contribution is -2.41. The highest BCUT2D eigenvalue weighted by Gasteiger charge is 2.34. The van der Waals surface area contributed by atoms with Crippen LogP contribution in [0.5, 0.6) is 0 Å². The number of piperidine rings is 1. The van der Waals surface area contributed by atoms with Gasteiger partial charge in [-0.25, -0.2) is 0 Å². The number of nitrogens with zero attached hydrogens (tertiary/aromatic N) is 4. The zero-order valence-electron chi connectivity index (χ0n) is 17.1. The van der Waals surface area contributed by atoms with E-state index in [-0.39, 0.29) is 18.6 Å². The molecule has 0 spiro atoms. The SMILES string of the molecule is O=C(c1nn(C2CCN(CCO)CC2)c2c1CSc1ccccc1-2)N1CCOCC1. The lowest BCUT2D eigenvalue weighted by Gasteiger charge is -2.32. The number of β-amino-alcohol motifs (C(OH)–C–C–N with tert-alkyl or cyclic N) is 1. The minimum absolute atomic E-state index is 0.0333. The second-order valence-corrected chi connectivity index (χ2v) is 9.12. The third-order valence-corrected chi connectivity index (χ3v) is 7.44. The average Bonchev–Trinajstić information content (AvgIpc) is 3.20. The summed E-state index contributed by atoms with van der Waals surface area (Å²) in [5.74, 6) is 0.812. The van der Waals surface area contributed by atoms with Crippen molar-refractivity contribution in [2.24, 2.45) is 0 Å².